The Morgan fingerprint density at radius 2 is 2.20 bits per heavy atom. The van der Waals surface area contributed by atoms with Crippen LogP contribution in [0.3, 0.4) is 0 Å². The summed E-state index contributed by atoms with van der Waals surface area (Å²) in [4.78, 5) is 21.3. The molecule has 0 saturated carbocycles. The van der Waals surface area contributed by atoms with Crippen LogP contribution in [0.5, 0.6) is 5.75 Å². The molecule has 0 aliphatic rings. The molecule has 0 aliphatic carbocycles. The van der Waals surface area contributed by atoms with Crippen LogP contribution in [-0.2, 0) is 4.79 Å². The summed E-state index contributed by atoms with van der Waals surface area (Å²) in [5.74, 6) is -0.286. The average Bonchev–Trinajstić information content (AvgIpc) is 2.34. The van der Waals surface area contributed by atoms with Crippen LogP contribution in [0.25, 0.3) is 0 Å². The topological polar surface area (TPSA) is 107 Å². The predicted molar refractivity (Wildman–Crippen MR) is 74.9 cm³/mol. The van der Waals surface area contributed by atoms with E-state index in [4.69, 9.17) is 22.1 Å². The largest absolute Gasteiger partial charge is 0.490 e. The Morgan fingerprint density at radius 1 is 1.55 bits per heavy atom. The summed E-state index contributed by atoms with van der Waals surface area (Å²) >= 11 is 5.88. The molecule has 0 spiro atoms. The highest BCUT2D eigenvalue weighted by atomic mass is 35.5. The lowest BCUT2D eigenvalue weighted by Gasteiger charge is -2.19. The van der Waals surface area contributed by atoms with Crippen molar-refractivity contribution >= 4 is 23.2 Å². The first-order valence-corrected chi connectivity index (χ1v) is 6.31. The van der Waals surface area contributed by atoms with Gasteiger partial charge >= 0.3 is 0 Å². The van der Waals surface area contributed by atoms with Crippen LogP contribution in [0, 0.1) is 10.1 Å². The number of nitrogens with two attached hydrogens (primary N) is 1. The molecule has 0 aliphatic heterocycles. The van der Waals surface area contributed by atoms with E-state index < -0.39 is 16.9 Å². The zero-order chi connectivity index (χ0) is 15.3. The van der Waals surface area contributed by atoms with Crippen molar-refractivity contribution in [3.63, 3.8) is 0 Å². The maximum atomic E-state index is 11.2. The van der Waals surface area contributed by atoms with Crippen LogP contribution >= 0.6 is 11.6 Å². The fourth-order valence-electron chi connectivity index (χ4n) is 1.51. The third-order valence-electron chi connectivity index (χ3n) is 2.41. The number of nitro groups is 1. The molecule has 1 unspecified atom stereocenters. The van der Waals surface area contributed by atoms with Gasteiger partial charge in [-0.15, -0.1) is 0 Å². The number of ether oxygens (including phenoxy) is 1. The Labute approximate surface area is 121 Å². The van der Waals surface area contributed by atoms with E-state index in [1.165, 1.54) is 18.2 Å². The van der Waals surface area contributed by atoms with Gasteiger partial charge in [-0.1, -0.05) is 25.4 Å². The van der Waals surface area contributed by atoms with Crippen molar-refractivity contribution < 1.29 is 14.5 Å². The van der Waals surface area contributed by atoms with Crippen molar-refractivity contribution in [2.24, 2.45) is 5.73 Å². The second kappa shape index (κ2) is 7.06. The Kier molecular flexibility index (Phi) is 5.72. The van der Waals surface area contributed by atoms with Crippen LogP contribution in [0.2, 0.25) is 5.02 Å². The standard InChI is InChI=1S/C12H16ClN3O4/c1-7(2)15-10(12(14)17)6-20-11-4-3-8(16(18)19)5-9(11)13/h3-5,7,10,15H,6H2,1-2H3,(H2,14,17). The number of nitrogens with one attached hydrogen (secondary N) is 1. The monoisotopic (exact) mass is 301 g/mol. The molecule has 1 atom stereocenters. The SMILES string of the molecule is CC(C)NC(COc1ccc([N+](=O)[O-])cc1Cl)C(N)=O. The third-order valence-corrected chi connectivity index (χ3v) is 2.71. The highest BCUT2D eigenvalue weighted by Crippen LogP contribution is 2.28. The molecule has 20 heavy (non-hydrogen) atoms. The molecule has 1 rings (SSSR count). The zero-order valence-corrected chi connectivity index (χ0v) is 11.9. The van der Waals surface area contributed by atoms with Gasteiger partial charge in [0, 0.05) is 18.2 Å². The van der Waals surface area contributed by atoms with Gasteiger partial charge in [0.05, 0.1) is 9.95 Å². The molecule has 0 bridgehead atoms. The molecule has 3 N–H and O–H groups in total. The molecular formula is C12H16ClN3O4. The number of halogens is 1. The first-order valence-electron chi connectivity index (χ1n) is 5.93. The normalized spacial score (nSPS) is 12.2. The van der Waals surface area contributed by atoms with Crippen molar-refractivity contribution in [3.05, 3.63) is 33.3 Å². The minimum Gasteiger partial charge on any atom is -0.490 e. The van der Waals surface area contributed by atoms with E-state index in [2.05, 4.69) is 5.32 Å². The first kappa shape index (κ1) is 16.2. The summed E-state index contributed by atoms with van der Waals surface area (Å²) in [6.45, 7) is 3.73. The van der Waals surface area contributed by atoms with Gasteiger partial charge in [-0.05, 0) is 6.07 Å². The number of primary amides is 1. The lowest BCUT2D eigenvalue weighted by molar-refractivity contribution is -0.384. The third kappa shape index (κ3) is 4.67. The molecule has 0 heterocycles. The Bertz CT molecular complexity index is 507. The van der Waals surface area contributed by atoms with E-state index in [9.17, 15) is 14.9 Å². The highest BCUT2D eigenvalue weighted by Gasteiger charge is 2.18. The molecule has 7 nitrogen and oxygen atoms in total. The fraction of sp³-hybridized carbons (Fsp3) is 0.417. The maximum absolute atomic E-state index is 11.2. The number of benzene rings is 1. The van der Waals surface area contributed by atoms with Gasteiger partial charge in [-0.25, -0.2) is 0 Å². The zero-order valence-electron chi connectivity index (χ0n) is 11.1. The summed E-state index contributed by atoms with van der Waals surface area (Å²) in [6.07, 6.45) is 0. The quantitative estimate of drug-likeness (QED) is 0.586. The molecule has 8 heteroatoms. The van der Waals surface area contributed by atoms with E-state index >= 15 is 0 Å². The second-order valence-corrected chi connectivity index (χ2v) is 4.87. The van der Waals surface area contributed by atoms with Crippen LogP contribution in [-0.4, -0.2) is 29.5 Å². The number of nitro benzene ring substituents is 1. The number of rotatable bonds is 7. The van der Waals surface area contributed by atoms with Gasteiger partial charge in [-0.2, -0.15) is 0 Å². The molecule has 110 valence electrons. The summed E-state index contributed by atoms with van der Waals surface area (Å²) < 4.78 is 5.38. The second-order valence-electron chi connectivity index (χ2n) is 4.46. The number of amides is 1. The molecule has 0 aromatic heterocycles. The molecule has 1 aromatic carbocycles. The average molecular weight is 302 g/mol. The number of hydrogen-bond donors (Lipinski definition) is 2. The molecule has 1 aromatic rings. The van der Waals surface area contributed by atoms with E-state index in [0.29, 0.717) is 0 Å². The minimum atomic E-state index is -0.666. The fourth-order valence-corrected chi connectivity index (χ4v) is 1.74. The molecule has 0 saturated heterocycles. The van der Waals surface area contributed by atoms with Crippen molar-refractivity contribution in [1.82, 2.24) is 5.32 Å². The van der Waals surface area contributed by atoms with Gasteiger partial charge in [0.1, 0.15) is 18.4 Å². The van der Waals surface area contributed by atoms with E-state index in [1.807, 2.05) is 13.8 Å². The van der Waals surface area contributed by atoms with Crippen molar-refractivity contribution in [2.75, 3.05) is 6.61 Å². The number of nitrogens with zero attached hydrogens (tertiary/aromatic N) is 1. The molecule has 0 fully saturated rings. The number of carbonyl (C=O) groups excluding carboxylic acids is 1. The van der Waals surface area contributed by atoms with E-state index in [-0.39, 0.29) is 29.1 Å². The van der Waals surface area contributed by atoms with E-state index in [1.54, 1.807) is 0 Å². The Hall–Kier alpha value is -1.86. The van der Waals surface area contributed by atoms with Crippen molar-refractivity contribution in [3.8, 4) is 5.75 Å². The summed E-state index contributed by atoms with van der Waals surface area (Å²) in [5.41, 5.74) is 5.12. The predicted octanol–water partition coefficient (Wildman–Crippen LogP) is 1.48. The summed E-state index contributed by atoms with van der Waals surface area (Å²) in [5, 5.41) is 13.6. The van der Waals surface area contributed by atoms with Crippen LogP contribution in [0.15, 0.2) is 18.2 Å². The van der Waals surface area contributed by atoms with E-state index in [0.717, 1.165) is 0 Å². The number of hydrogen-bond acceptors (Lipinski definition) is 5. The number of non-ortho nitro benzene ring substituents is 1. The van der Waals surface area contributed by atoms with Crippen LogP contribution in [0.4, 0.5) is 5.69 Å². The highest BCUT2D eigenvalue weighted by molar-refractivity contribution is 6.32. The van der Waals surface area contributed by atoms with Crippen LogP contribution in [0.1, 0.15) is 13.8 Å². The van der Waals surface area contributed by atoms with Crippen molar-refractivity contribution in [2.45, 2.75) is 25.9 Å². The van der Waals surface area contributed by atoms with Gasteiger partial charge in [0.2, 0.25) is 5.91 Å². The van der Waals surface area contributed by atoms with Gasteiger partial charge < -0.3 is 15.8 Å². The number of carbonyl (C=O) groups is 1. The molecular weight excluding hydrogens is 286 g/mol. The summed E-state index contributed by atoms with van der Waals surface area (Å²) in [7, 11) is 0. The van der Waals surface area contributed by atoms with Gasteiger partial charge in [0.15, 0.2) is 0 Å². The maximum Gasteiger partial charge on any atom is 0.271 e. The summed E-state index contributed by atoms with van der Waals surface area (Å²) in [6, 6.07) is 3.24. The van der Waals surface area contributed by atoms with Crippen LogP contribution < -0.4 is 15.8 Å². The molecule has 0 radical (unpaired) electrons. The Morgan fingerprint density at radius 3 is 2.65 bits per heavy atom. The smallest absolute Gasteiger partial charge is 0.271 e. The first-order chi connectivity index (χ1) is 9.31. The lowest BCUT2D eigenvalue weighted by atomic mass is 10.2. The van der Waals surface area contributed by atoms with Crippen molar-refractivity contribution in [1.29, 1.82) is 0 Å². The molecule has 1 amide bonds. The Balaban J connectivity index is 2.73. The van der Waals surface area contributed by atoms with Gasteiger partial charge in [0.25, 0.3) is 5.69 Å². The minimum absolute atomic E-state index is 0.00888. The lowest BCUT2D eigenvalue weighted by Crippen LogP contribution is -2.48. The van der Waals surface area contributed by atoms with Gasteiger partial charge in [-0.3, -0.25) is 14.9 Å².